The fourth-order valence-corrected chi connectivity index (χ4v) is 2.36. The lowest BCUT2D eigenvalue weighted by molar-refractivity contribution is -0.127. The second kappa shape index (κ2) is 6.17. The molecule has 0 bridgehead atoms. The molecule has 0 spiro atoms. The lowest BCUT2D eigenvalue weighted by Gasteiger charge is -2.23. The number of halogens is 6. The fourth-order valence-electron chi connectivity index (χ4n) is 1.38. The average molecular weight is 366 g/mol. The van der Waals surface area contributed by atoms with Gasteiger partial charge in [-0.05, 0) is 11.6 Å². The highest BCUT2D eigenvalue weighted by Gasteiger charge is 2.49. The van der Waals surface area contributed by atoms with Crippen LogP contribution in [0.5, 0.6) is 11.5 Å². The molecule has 1 aromatic rings. The summed E-state index contributed by atoms with van der Waals surface area (Å²) in [4.78, 5) is -1.94. The lowest BCUT2D eigenvalue weighted by atomic mass is 10.1. The van der Waals surface area contributed by atoms with Crippen molar-refractivity contribution in [3.05, 3.63) is 22.7 Å². The Bertz CT molecular complexity index is 457. The molecule has 0 fully saturated rings. The number of alkyl halides is 5. The van der Waals surface area contributed by atoms with Crippen molar-refractivity contribution in [2.24, 2.45) is 0 Å². The lowest BCUT2D eigenvalue weighted by Crippen LogP contribution is -2.31. The minimum atomic E-state index is -4.26. The highest BCUT2D eigenvalue weighted by molar-refractivity contribution is 9.09. The van der Waals surface area contributed by atoms with Crippen molar-refractivity contribution in [1.82, 2.24) is 0 Å². The van der Waals surface area contributed by atoms with Crippen molar-refractivity contribution in [3.8, 4) is 11.5 Å². The molecule has 0 aliphatic rings. The van der Waals surface area contributed by atoms with Crippen molar-refractivity contribution in [2.45, 2.75) is 17.2 Å². The van der Waals surface area contributed by atoms with Crippen LogP contribution in [0.4, 0.5) is 17.6 Å². The smallest absolute Gasteiger partial charge is 0.323 e. The SMILES string of the molecule is COc1cc(Cl)c(C(Br)C(F)(F)C(F)F)cc1OC. The summed E-state index contributed by atoms with van der Waals surface area (Å²) in [6, 6.07) is 2.36. The summed E-state index contributed by atoms with van der Waals surface area (Å²) in [5.41, 5.74) is -0.204. The summed E-state index contributed by atoms with van der Waals surface area (Å²) in [6.45, 7) is 0. The number of benzene rings is 1. The van der Waals surface area contributed by atoms with Crippen LogP contribution < -0.4 is 9.47 Å². The maximum atomic E-state index is 13.3. The van der Waals surface area contributed by atoms with Gasteiger partial charge in [-0.25, -0.2) is 8.78 Å². The molecule has 0 N–H and O–H groups in total. The number of hydrogen-bond donors (Lipinski definition) is 0. The van der Waals surface area contributed by atoms with Crippen LogP contribution in [0.3, 0.4) is 0 Å². The number of rotatable bonds is 5. The van der Waals surface area contributed by atoms with E-state index in [9.17, 15) is 17.6 Å². The fraction of sp³-hybridized carbons (Fsp3) is 0.455. The van der Waals surface area contributed by atoms with E-state index in [0.717, 1.165) is 6.07 Å². The van der Waals surface area contributed by atoms with E-state index in [1.807, 2.05) is 0 Å². The van der Waals surface area contributed by atoms with Crippen LogP contribution in [-0.2, 0) is 0 Å². The highest BCUT2D eigenvalue weighted by Crippen LogP contribution is 2.47. The molecule has 0 aliphatic heterocycles. The molecule has 0 aliphatic carbocycles. The first-order valence-corrected chi connectivity index (χ1v) is 6.26. The van der Waals surface area contributed by atoms with Gasteiger partial charge in [-0.15, -0.1) is 0 Å². The van der Waals surface area contributed by atoms with Crippen molar-refractivity contribution < 1.29 is 27.0 Å². The Morgan fingerprint density at radius 1 is 1.16 bits per heavy atom. The summed E-state index contributed by atoms with van der Waals surface area (Å²) in [7, 11) is 2.64. The predicted molar refractivity (Wildman–Crippen MR) is 67.2 cm³/mol. The monoisotopic (exact) mass is 364 g/mol. The van der Waals surface area contributed by atoms with Gasteiger partial charge >= 0.3 is 12.3 Å². The number of methoxy groups -OCH3 is 2. The minimum Gasteiger partial charge on any atom is -0.493 e. The summed E-state index contributed by atoms with van der Waals surface area (Å²) in [6.07, 6.45) is -3.82. The molecule has 19 heavy (non-hydrogen) atoms. The van der Waals surface area contributed by atoms with Crippen LogP contribution in [0.15, 0.2) is 12.1 Å². The molecule has 0 radical (unpaired) electrons. The Morgan fingerprint density at radius 3 is 2.05 bits per heavy atom. The van der Waals surface area contributed by atoms with E-state index in [1.165, 1.54) is 20.3 Å². The topological polar surface area (TPSA) is 18.5 Å². The molecule has 8 heteroatoms. The molecule has 0 saturated heterocycles. The largest absolute Gasteiger partial charge is 0.493 e. The molecule has 0 saturated carbocycles. The summed E-state index contributed by atoms with van der Waals surface area (Å²) in [5.74, 6) is -3.92. The van der Waals surface area contributed by atoms with Crippen LogP contribution in [0.1, 0.15) is 10.4 Å². The normalized spacial score (nSPS) is 13.5. The van der Waals surface area contributed by atoms with Crippen LogP contribution in [0, 0.1) is 0 Å². The third-order valence-electron chi connectivity index (χ3n) is 2.40. The van der Waals surface area contributed by atoms with Gasteiger partial charge in [-0.2, -0.15) is 8.78 Å². The van der Waals surface area contributed by atoms with Gasteiger partial charge in [0.1, 0.15) is 4.83 Å². The molecule has 2 nitrogen and oxygen atoms in total. The van der Waals surface area contributed by atoms with E-state index in [2.05, 4.69) is 15.9 Å². The van der Waals surface area contributed by atoms with E-state index >= 15 is 0 Å². The van der Waals surface area contributed by atoms with Gasteiger partial charge in [0.15, 0.2) is 11.5 Å². The van der Waals surface area contributed by atoms with E-state index in [0.29, 0.717) is 0 Å². The predicted octanol–water partition coefficient (Wildman–Crippen LogP) is 4.69. The molecule has 0 amide bonds. The van der Waals surface area contributed by atoms with Crippen molar-refractivity contribution in [3.63, 3.8) is 0 Å². The Balaban J connectivity index is 3.28. The standard InChI is InChI=1S/C11H10BrClF4O2/c1-18-7-3-5(6(13)4-8(7)19-2)9(12)11(16,17)10(14)15/h3-4,9-10H,1-2H3. The molecule has 1 rings (SSSR count). The number of ether oxygens (including phenoxy) is 2. The quantitative estimate of drug-likeness (QED) is 0.556. The molecule has 108 valence electrons. The molecule has 1 atom stereocenters. The van der Waals surface area contributed by atoms with Crippen molar-refractivity contribution >= 4 is 27.5 Å². The second-order valence-electron chi connectivity index (χ2n) is 3.57. The molecule has 0 aromatic heterocycles. The third-order valence-corrected chi connectivity index (χ3v) is 3.84. The van der Waals surface area contributed by atoms with Crippen LogP contribution in [0.2, 0.25) is 5.02 Å². The summed E-state index contributed by atoms with van der Waals surface area (Å²) < 4.78 is 61.1. The first-order valence-electron chi connectivity index (χ1n) is 4.97. The zero-order valence-electron chi connectivity index (χ0n) is 9.89. The van der Waals surface area contributed by atoms with Gasteiger partial charge in [0.25, 0.3) is 0 Å². The Labute approximate surface area is 120 Å². The molecule has 1 aromatic carbocycles. The first-order chi connectivity index (χ1) is 8.75. The summed E-state index contributed by atoms with van der Waals surface area (Å²) in [5, 5.41) is -0.125. The Hall–Kier alpha value is -0.690. The van der Waals surface area contributed by atoms with E-state index < -0.39 is 17.2 Å². The molecular formula is C11H10BrClF4O2. The Morgan fingerprint density at radius 2 is 1.63 bits per heavy atom. The Kier molecular flexibility index (Phi) is 5.32. The van der Waals surface area contributed by atoms with Crippen molar-refractivity contribution in [2.75, 3.05) is 14.2 Å². The van der Waals surface area contributed by atoms with Gasteiger partial charge in [0.05, 0.1) is 14.2 Å². The van der Waals surface area contributed by atoms with Gasteiger partial charge in [0.2, 0.25) is 0 Å². The van der Waals surface area contributed by atoms with Gasteiger partial charge in [-0.1, -0.05) is 27.5 Å². The molecule has 1 unspecified atom stereocenters. The second-order valence-corrected chi connectivity index (χ2v) is 4.89. The van der Waals surface area contributed by atoms with Gasteiger partial charge in [0, 0.05) is 11.1 Å². The molecule has 0 heterocycles. The average Bonchev–Trinajstić information content (AvgIpc) is 2.37. The van der Waals surface area contributed by atoms with Gasteiger partial charge < -0.3 is 9.47 Å². The minimum absolute atomic E-state index is 0.122. The van der Waals surface area contributed by atoms with Crippen LogP contribution in [0.25, 0.3) is 0 Å². The van der Waals surface area contributed by atoms with E-state index in [1.54, 1.807) is 0 Å². The van der Waals surface area contributed by atoms with Crippen LogP contribution >= 0.6 is 27.5 Å². The zero-order chi connectivity index (χ0) is 14.8. The zero-order valence-corrected chi connectivity index (χ0v) is 12.2. The maximum absolute atomic E-state index is 13.3. The van der Waals surface area contributed by atoms with E-state index in [-0.39, 0.29) is 22.1 Å². The first kappa shape index (κ1) is 16.4. The van der Waals surface area contributed by atoms with E-state index in [4.69, 9.17) is 21.1 Å². The highest BCUT2D eigenvalue weighted by atomic mass is 79.9. The number of hydrogen-bond acceptors (Lipinski definition) is 2. The van der Waals surface area contributed by atoms with Gasteiger partial charge in [-0.3, -0.25) is 0 Å². The molecular weight excluding hydrogens is 355 g/mol. The van der Waals surface area contributed by atoms with Crippen molar-refractivity contribution in [1.29, 1.82) is 0 Å². The maximum Gasteiger partial charge on any atom is 0.323 e. The summed E-state index contributed by atoms with van der Waals surface area (Å²) >= 11 is 8.36. The third kappa shape index (κ3) is 3.25. The van der Waals surface area contributed by atoms with Crippen LogP contribution in [-0.4, -0.2) is 26.6 Å².